The van der Waals surface area contributed by atoms with E-state index in [9.17, 15) is 0 Å². The molecule has 0 radical (unpaired) electrons. The average molecular weight is 251 g/mol. The maximum atomic E-state index is 5.85. The second-order valence-corrected chi connectivity index (χ2v) is 6.67. The van der Waals surface area contributed by atoms with Gasteiger partial charge in [-0.25, -0.2) is 0 Å². The molecular formula is C14H25N3O. The number of hydrogen-bond acceptors (Lipinski definition) is 4. The van der Waals surface area contributed by atoms with Gasteiger partial charge in [0.2, 0.25) is 5.89 Å². The summed E-state index contributed by atoms with van der Waals surface area (Å²) in [7, 11) is 0. The zero-order valence-corrected chi connectivity index (χ0v) is 11.8. The molecule has 1 heterocycles. The van der Waals surface area contributed by atoms with Gasteiger partial charge in [0.05, 0.1) is 0 Å². The van der Waals surface area contributed by atoms with E-state index < -0.39 is 0 Å². The summed E-state index contributed by atoms with van der Waals surface area (Å²) >= 11 is 0. The highest BCUT2D eigenvalue weighted by molar-refractivity contribution is 5.00. The van der Waals surface area contributed by atoms with Gasteiger partial charge in [-0.15, -0.1) is 0 Å². The van der Waals surface area contributed by atoms with Crippen molar-refractivity contribution in [3.8, 4) is 0 Å². The monoisotopic (exact) mass is 251 g/mol. The maximum absolute atomic E-state index is 5.85. The van der Waals surface area contributed by atoms with Crippen molar-refractivity contribution in [2.45, 2.75) is 58.8 Å². The predicted molar refractivity (Wildman–Crippen MR) is 71.2 cm³/mol. The van der Waals surface area contributed by atoms with E-state index in [1.807, 2.05) is 0 Å². The molecular weight excluding hydrogens is 226 g/mol. The SMILES string of the molecule is CC(C)(C)Cc1noc(C2CCCCC2CN)n1. The third-order valence-corrected chi connectivity index (χ3v) is 3.70. The van der Waals surface area contributed by atoms with E-state index in [0.29, 0.717) is 11.8 Å². The fourth-order valence-corrected chi connectivity index (χ4v) is 2.78. The van der Waals surface area contributed by atoms with Crippen LogP contribution in [0.4, 0.5) is 0 Å². The van der Waals surface area contributed by atoms with E-state index in [4.69, 9.17) is 10.3 Å². The van der Waals surface area contributed by atoms with Crippen molar-refractivity contribution < 1.29 is 4.52 Å². The molecule has 2 atom stereocenters. The van der Waals surface area contributed by atoms with Crippen LogP contribution < -0.4 is 5.73 Å². The molecule has 2 unspecified atom stereocenters. The Bertz CT molecular complexity index is 381. The fraction of sp³-hybridized carbons (Fsp3) is 0.857. The Morgan fingerprint density at radius 3 is 2.67 bits per heavy atom. The van der Waals surface area contributed by atoms with Crippen LogP contribution in [-0.4, -0.2) is 16.7 Å². The lowest BCUT2D eigenvalue weighted by Crippen LogP contribution is -2.25. The van der Waals surface area contributed by atoms with Crippen LogP contribution in [0.5, 0.6) is 0 Å². The fourth-order valence-electron chi connectivity index (χ4n) is 2.78. The Hall–Kier alpha value is -0.900. The van der Waals surface area contributed by atoms with E-state index >= 15 is 0 Å². The van der Waals surface area contributed by atoms with Gasteiger partial charge >= 0.3 is 0 Å². The third kappa shape index (κ3) is 3.31. The van der Waals surface area contributed by atoms with Crippen molar-refractivity contribution in [3.05, 3.63) is 11.7 Å². The third-order valence-electron chi connectivity index (χ3n) is 3.70. The molecule has 1 aromatic heterocycles. The Labute approximate surface area is 109 Å². The largest absolute Gasteiger partial charge is 0.339 e. The Kier molecular flexibility index (Phi) is 4.05. The highest BCUT2D eigenvalue weighted by Gasteiger charge is 2.30. The molecule has 2 N–H and O–H groups in total. The van der Waals surface area contributed by atoms with Gasteiger partial charge in [-0.3, -0.25) is 0 Å². The molecule has 0 aromatic carbocycles. The second kappa shape index (κ2) is 5.39. The minimum absolute atomic E-state index is 0.195. The van der Waals surface area contributed by atoms with Crippen LogP contribution in [0.15, 0.2) is 4.52 Å². The molecule has 0 saturated heterocycles. The Morgan fingerprint density at radius 1 is 1.28 bits per heavy atom. The van der Waals surface area contributed by atoms with E-state index in [1.165, 1.54) is 19.3 Å². The van der Waals surface area contributed by atoms with Gasteiger partial charge in [-0.1, -0.05) is 38.8 Å². The smallest absolute Gasteiger partial charge is 0.230 e. The number of nitrogens with two attached hydrogens (primary N) is 1. The van der Waals surface area contributed by atoms with Crippen molar-refractivity contribution in [3.63, 3.8) is 0 Å². The van der Waals surface area contributed by atoms with Gasteiger partial charge < -0.3 is 10.3 Å². The standard InChI is InChI=1S/C14H25N3O/c1-14(2,3)8-12-16-13(18-17-12)11-7-5-4-6-10(11)9-15/h10-11H,4-9,15H2,1-3H3. The molecule has 1 fully saturated rings. The van der Waals surface area contributed by atoms with Crippen LogP contribution in [0, 0.1) is 11.3 Å². The Morgan fingerprint density at radius 2 is 2.00 bits per heavy atom. The van der Waals surface area contributed by atoms with E-state index in [-0.39, 0.29) is 5.41 Å². The summed E-state index contributed by atoms with van der Waals surface area (Å²) in [4.78, 5) is 4.58. The van der Waals surface area contributed by atoms with Crippen LogP contribution in [0.2, 0.25) is 0 Å². The number of rotatable bonds is 3. The average Bonchev–Trinajstić information content (AvgIpc) is 2.75. The molecule has 102 valence electrons. The normalized spacial score (nSPS) is 25.3. The quantitative estimate of drug-likeness (QED) is 0.897. The summed E-state index contributed by atoms with van der Waals surface area (Å²) in [5, 5.41) is 4.12. The molecule has 0 bridgehead atoms. The summed E-state index contributed by atoms with van der Waals surface area (Å²) in [6.45, 7) is 7.28. The first-order chi connectivity index (χ1) is 8.49. The van der Waals surface area contributed by atoms with Crippen LogP contribution in [-0.2, 0) is 6.42 Å². The molecule has 4 nitrogen and oxygen atoms in total. The first-order valence-electron chi connectivity index (χ1n) is 7.02. The molecule has 2 rings (SSSR count). The van der Waals surface area contributed by atoms with Crippen molar-refractivity contribution in [1.29, 1.82) is 0 Å². The van der Waals surface area contributed by atoms with Crippen LogP contribution >= 0.6 is 0 Å². The maximum Gasteiger partial charge on any atom is 0.230 e. The number of nitrogens with zero attached hydrogens (tertiary/aromatic N) is 2. The molecule has 0 aliphatic heterocycles. The van der Waals surface area contributed by atoms with Gasteiger partial charge in [-0.05, 0) is 30.7 Å². The number of hydrogen-bond donors (Lipinski definition) is 1. The number of aromatic nitrogens is 2. The second-order valence-electron chi connectivity index (χ2n) is 6.67. The van der Waals surface area contributed by atoms with Crippen molar-refractivity contribution in [2.75, 3.05) is 6.54 Å². The van der Waals surface area contributed by atoms with E-state index in [0.717, 1.165) is 31.1 Å². The summed E-state index contributed by atoms with van der Waals surface area (Å²) < 4.78 is 5.47. The molecule has 1 aliphatic rings. The molecule has 1 saturated carbocycles. The van der Waals surface area contributed by atoms with Gasteiger partial charge in [-0.2, -0.15) is 4.98 Å². The minimum Gasteiger partial charge on any atom is -0.339 e. The summed E-state index contributed by atoms with van der Waals surface area (Å²) in [6, 6.07) is 0. The first-order valence-corrected chi connectivity index (χ1v) is 7.02. The van der Waals surface area contributed by atoms with Crippen molar-refractivity contribution in [1.82, 2.24) is 10.1 Å². The van der Waals surface area contributed by atoms with E-state index in [1.54, 1.807) is 0 Å². The van der Waals surface area contributed by atoms with Gasteiger partial charge in [0.15, 0.2) is 5.82 Å². The zero-order valence-electron chi connectivity index (χ0n) is 11.8. The molecule has 0 amide bonds. The predicted octanol–water partition coefficient (Wildman–Crippen LogP) is 2.89. The molecule has 4 heteroatoms. The van der Waals surface area contributed by atoms with Crippen LogP contribution in [0.1, 0.15) is 64.1 Å². The van der Waals surface area contributed by atoms with Crippen LogP contribution in [0.3, 0.4) is 0 Å². The molecule has 1 aliphatic carbocycles. The molecule has 1 aromatic rings. The Balaban J connectivity index is 2.08. The molecule has 18 heavy (non-hydrogen) atoms. The van der Waals surface area contributed by atoms with Gasteiger partial charge in [0.25, 0.3) is 0 Å². The summed E-state index contributed by atoms with van der Waals surface area (Å²) in [5.41, 5.74) is 6.05. The van der Waals surface area contributed by atoms with Crippen molar-refractivity contribution >= 4 is 0 Å². The minimum atomic E-state index is 0.195. The zero-order chi connectivity index (χ0) is 13.2. The van der Waals surface area contributed by atoms with Gasteiger partial charge in [0.1, 0.15) is 0 Å². The lowest BCUT2D eigenvalue weighted by atomic mass is 9.79. The highest BCUT2D eigenvalue weighted by atomic mass is 16.5. The lowest BCUT2D eigenvalue weighted by Gasteiger charge is -2.27. The van der Waals surface area contributed by atoms with Gasteiger partial charge in [0, 0.05) is 12.3 Å². The summed E-state index contributed by atoms with van der Waals surface area (Å²) in [6.07, 6.45) is 5.72. The van der Waals surface area contributed by atoms with E-state index in [2.05, 4.69) is 30.9 Å². The summed E-state index contributed by atoms with van der Waals surface area (Å²) in [5.74, 6) is 2.54. The van der Waals surface area contributed by atoms with Crippen molar-refractivity contribution in [2.24, 2.45) is 17.1 Å². The molecule has 0 spiro atoms. The van der Waals surface area contributed by atoms with Crippen LogP contribution in [0.25, 0.3) is 0 Å². The highest BCUT2D eigenvalue weighted by Crippen LogP contribution is 2.36. The topological polar surface area (TPSA) is 64.9 Å². The lowest BCUT2D eigenvalue weighted by molar-refractivity contribution is 0.248. The first kappa shape index (κ1) is 13.5.